The number of rotatable bonds is 7. The lowest BCUT2D eigenvalue weighted by atomic mass is 10.3. The van der Waals surface area contributed by atoms with Crippen molar-refractivity contribution in [3.8, 4) is 5.75 Å². The molecule has 0 unspecified atom stereocenters. The van der Waals surface area contributed by atoms with Crippen molar-refractivity contribution < 1.29 is 13.2 Å². The third-order valence-electron chi connectivity index (χ3n) is 2.14. The molecule has 1 aromatic carbocycles. The fourth-order valence-corrected chi connectivity index (χ4v) is 3.70. The summed E-state index contributed by atoms with van der Waals surface area (Å²) in [5.74, 6) is 2.42. The van der Waals surface area contributed by atoms with E-state index in [0.29, 0.717) is 12.4 Å². The Morgan fingerprint density at radius 3 is 2.53 bits per heavy atom. The van der Waals surface area contributed by atoms with E-state index in [0.717, 1.165) is 17.9 Å². The highest BCUT2D eigenvalue weighted by Gasteiger charge is 2.18. The molecule has 0 saturated heterocycles. The molecular weight excluding hydrogens is 351 g/mol. The second kappa shape index (κ2) is 7.84. The van der Waals surface area contributed by atoms with E-state index in [4.69, 9.17) is 38.6 Å². The molecule has 0 aliphatic heterocycles. The van der Waals surface area contributed by atoms with Gasteiger partial charge in [-0.25, -0.2) is 8.42 Å². The van der Waals surface area contributed by atoms with Crippen LogP contribution in [0.1, 0.15) is 13.3 Å². The van der Waals surface area contributed by atoms with Crippen molar-refractivity contribution in [3.63, 3.8) is 0 Å². The summed E-state index contributed by atoms with van der Waals surface area (Å²) < 4.78 is 27.9. The molecule has 0 aromatic heterocycles. The third-order valence-corrected chi connectivity index (χ3v) is 5.21. The Morgan fingerprint density at radius 1 is 1.26 bits per heavy atom. The zero-order chi connectivity index (χ0) is 14.5. The first-order valence-corrected chi connectivity index (χ1v) is 9.72. The van der Waals surface area contributed by atoms with Crippen LogP contribution in [0.15, 0.2) is 17.0 Å². The molecule has 0 atom stereocenters. The quantitative estimate of drug-likeness (QED) is 0.530. The van der Waals surface area contributed by atoms with E-state index in [1.165, 1.54) is 12.1 Å². The minimum atomic E-state index is -3.91. The Hall–Kier alpha value is 0.190. The molecule has 0 bridgehead atoms. The fraction of sp³-hybridized carbons (Fsp3) is 0.455. The second-order valence-electron chi connectivity index (χ2n) is 3.55. The summed E-state index contributed by atoms with van der Waals surface area (Å²) in [5.41, 5.74) is 0. The highest BCUT2D eigenvalue weighted by molar-refractivity contribution is 8.13. The van der Waals surface area contributed by atoms with Gasteiger partial charge in [-0.2, -0.15) is 11.8 Å². The van der Waals surface area contributed by atoms with Gasteiger partial charge in [-0.3, -0.25) is 0 Å². The first-order chi connectivity index (χ1) is 8.86. The van der Waals surface area contributed by atoms with Gasteiger partial charge in [0.15, 0.2) is 0 Å². The van der Waals surface area contributed by atoms with Crippen LogP contribution >= 0.6 is 45.6 Å². The minimum Gasteiger partial charge on any atom is -0.492 e. The van der Waals surface area contributed by atoms with E-state index in [1.807, 2.05) is 11.8 Å². The van der Waals surface area contributed by atoms with Gasteiger partial charge in [0.25, 0.3) is 9.05 Å². The molecule has 1 aromatic rings. The number of halogens is 3. The van der Waals surface area contributed by atoms with E-state index in [1.54, 1.807) is 0 Å². The van der Waals surface area contributed by atoms with Gasteiger partial charge in [-0.05, 0) is 24.0 Å². The number of hydrogen-bond donors (Lipinski definition) is 0. The van der Waals surface area contributed by atoms with Gasteiger partial charge in [-0.15, -0.1) is 0 Å². The first-order valence-electron chi connectivity index (χ1n) is 5.50. The lowest BCUT2D eigenvalue weighted by molar-refractivity contribution is 0.319. The molecule has 0 heterocycles. The lowest BCUT2D eigenvalue weighted by Gasteiger charge is -2.10. The fourth-order valence-electron chi connectivity index (χ4n) is 1.30. The molecule has 3 nitrogen and oxygen atoms in total. The molecule has 1 rings (SSSR count). The Bertz CT molecular complexity index is 532. The van der Waals surface area contributed by atoms with Gasteiger partial charge >= 0.3 is 0 Å². The molecule has 0 aliphatic carbocycles. The van der Waals surface area contributed by atoms with Crippen LogP contribution in [0.4, 0.5) is 0 Å². The highest BCUT2D eigenvalue weighted by atomic mass is 35.7. The number of ether oxygens (including phenoxy) is 1. The Balaban J connectivity index is 2.74. The Labute approximate surface area is 132 Å². The van der Waals surface area contributed by atoms with Crippen LogP contribution in [0.5, 0.6) is 5.75 Å². The van der Waals surface area contributed by atoms with Crippen molar-refractivity contribution in [3.05, 3.63) is 22.2 Å². The SMILES string of the molecule is CCSCCCOc1cc(Cl)c(S(=O)(=O)Cl)cc1Cl. The summed E-state index contributed by atoms with van der Waals surface area (Å²) in [6.07, 6.45) is 0.877. The van der Waals surface area contributed by atoms with E-state index in [2.05, 4.69) is 6.92 Å². The second-order valence-corrected chi connectivity index (χ2v) is 8.29. The summed E-state index contributed by atoms with van der Waals surface area (Å²) >= 11 is 13.6. The standard InChI is InChI=1S/C11H13Cl3O3S2/c1-2-18-5-3-4-17-10-6-9(13)11(7-8(10)12)19(14,15)16/h6-7H,2-5H2,1H3. The van der Waals surface area contributed by atoms with Crippen LogP contribution in [0, 0.1) is 0 Å². The summed E-state index contributed by atoms with van der Waals surface area (Å²) in [6.45, 7) is 2.59. The summed E-state index contributed by atoms with van der Waals surface area (Å²) in [6, 6.07) is 2.56. The summed E-state index contributed by atoms with van der Waals surface area (Å²) in [4.78, 5) is -0.213. The predicted octanol–water partition coefficient (Wildman–Crippen LogP) is 4.44. The van der Waals surface area contributed by atoms with Gasteiger partial charge in [0, 0.05) is 16.7 Å². The molecule has 108 valence electrons. The maximum absolute atomic E-state index is 11.2. The van der Waals surface area contributed by atoms with Crippen molar-refractivity contribution in [1.29, 1.82) is 0 Å². The van der Waals surface area contributed by atoms with Crippen LogP contribution in [-0.2, 0) is 9.05 Å². The molecule has 0 aliphatic rings. The summed E-state index contributed by atoms with van der Waals surface area (Å²) in [5, 5.41) is 0.170. The van der Waals surface area contributed by atoms with Crippen LogP contribution in [0.25, 0.3) is 0 Å². The van der Waals surface area contributed by atoms with E-state index < -0.39 is 9.05 Å². The molecule has 0 saturated carbocycles. The van der Waals surface area contributed by atoms with Gasteiger partial charge in [0.05, 0.1) is 16.7 Å². The van der Waals surface area contributed by atoms with Crippen LogP contribution in [-0.4, -0.2) is 26.5 Å². The van der Waals surface area contributed by atoms with Crippen molar-refractivity contribution in [1.82, 2.24) is 0 Å². The van der Waals surface area contributed by atoms with Crippen molar-refractivity contribution in [2.24, 2.45) is 0 Å². The molecule has 0 fully saturated rings. The molecule has 0 amide bonds. The van der Waals surface area contributed by atoms with Crippen molar-refractivity contribution in [2.75, 3.05) is 18.1 Å². The number of hydrogen-bond acceptors (Lipinski definition) is 4. The highest BCUT2D eigenvalue weighted by Crippen LogP contribution is 2.35. The van der Waals surface area contributed by atoms with E-state index in [-0.39, 0.29) is 14.9 Å². The largest absolute Gasteiger partial charge is 0.492 e. The molecule has 8 heteroatoms. The van der Waals surface area contributed by atoms with Crippen LogP contribution in [0.2, 0.25) is 10.0 Å². The molecule has 0 N–H and O–H groups in total. The lowest BCUT2D eigenvalue weighted by Crippen LogP contribution is -2.01. The predicted molar refractivity (Wildman–Crippen MR) is 82.6 cm³/mol. The van der Waals surface area contributed by atoms with Crippen molar-refractivity contribution in [2.45, 2.75) is 18.2 Å². The Morgan fingerprint density at radius 2 is 1.95 bits per heavy atom. The topological polar surface area (TPSA) is 43.4 Å². The van der Waals surface area contributed by atoms with Crippen molar-refractivity contribution >= 4 is 54.7 Å². The van der Waals surface area contributed by atoms with Gasteiger partial charge in [-0.1, -0.05) is 30.1 Å². The molecule has 19 heavy (non-hydrogen) atoms. The molecular formula is C11H13Cl3O3S2. The van der Waals surface area contributed by atoms with Gasteiger partial charge < -0.3 is 4.74 Å². The average Bonchev–Trinajstić information content (AvgIpc) is 2.31. The van der Waals surface area contributed by atoms with E-state index >= 15 is 0 Å². The number of benzene rings is 1. The van der Waals surface area contributed by atoms with Crippen LogP contribution < -0.4 is 4.74 Å². The normalized spacial score (nSPS) is 11.6. The molecule has 0 radical (unpaired) electrons. The Kier molecular flexibility index (Phi) is 7.11. The average molecular weight is 364 g/mol. The zero-order valence-corrected chi connectivity index (χ0v) is 14.1. The van der Waals surface area contributed by atoms with E-state index in [9.17, 15) is 8.42 Å². The minimum absolute atomic E-state index is 0.00247. The monoisotopic (exact) mass is 362 g/mol. The van der Waals surface area contributed by atoms with Gasteiger partial charge in [0.1, 0.15) is 10.6 Å². The van der Waals surface area contributed by atoms with Crippen LogP contribution in [0.3, 0.4) is 0 Å². The maximum Gasteiger partial charge on any atom is 0.262 e. The smallest absolute Gasteiger partial charge is 0.262 e. The third kappa shape index (κ3) is 5.60. The zero-order valence-electron chi connectivity index (χ0n) is 10.2. The first kappa shape index (κ1) is 17.2. The maximum atomic E-state index is 11.2. The number of thioether (sulfide) groups is 1. The van der Waals surface area contributed by atoms with Gasteiger partial charge in [0.2, 0.25) is 0 Å². The summed E-state index contributed by atoms with van der Waals surface area (Å²) in [7, 11) is 1.33. The molecule has 0 spiro atoms.